The molecular formula is C14H26N2O. The van der Waals surface area contributed by atoms with Gasteiger partial charge in [0, 0.05) is 24.9 Å². The zero-order chi connectivity index (χ0) is 12.3. The van der Waals surface area contributed by atoms with Crippen molar-refractivity contribution in [1.82, 2.24) is 9.80 Å². The first-order valence-electron chi connectivity index (χ1n) is 7.08. The zero-order valence-corrected chi connectivity index (χ0v) is 11.3. The molecule has 1 heterocycles. The number of likely N-dealkylation sites (N-methyl/N-ethyl adjacent to an activating group) is 1. The lowest BCUT2D eigenvalue weighted by atomic mass is 10.0. The molecule has 1 saturated carbocycles. The summed E-state index contributed by atoms with van der Waals surface area (Å²) in [5, 5.41) is 0. The van der Waals surface area contributed by atoms with Crippen LogP contribution in [0.3, 0.4) is 0 Å². The summed E-state index contributed by atoms with van der Waals surface area (Å²) in [5.74, 6) is 0.906. The van der Waals surface area contributed by atoms with Crippen molar-refractivity contribution in [3.8, 4) is 0 Å². The van der Waals surface area contributed by atoms with Crippen molar-refractivity contribution in [1.29, 1.82) is 0 Å². The first kappa shape index (κ1) is 13.0. The van der Waals surface area contributed by atoms with Crippen molar-refractivity contribution in [2.75, 3.05) is 33.7 Å². The van der Waals surface area contributed by atoms with Crippen molar-refractivity contribution < 1.29 is 4.79 Å². The van der Waals surface area contributed by atoms with E-state index in [4.69, 9.17) is 0 Å². The molecule has 3 nitrogen and oxygen atoms in total. The highest BCUT2D eigenvalue weighted by Crippen LogP contribution is 2.26. The number of likely N-dealkylation sites (tertiary alicyclic amines) is 1. The minimum atomic E-state index is 0.385. The first-order valence-corrected chi connectivity index (χ1v) is 7.08. The summed E-state index contributed by atoms with van der Waals surface area (Å²) < 4.78 is 0. The van der Waals surface area contributed by atoms with Gasteiger partial charge in [-0.1, -0.05) is 0 Å². The third-order valence-electron chi connectivity index (χ3n) is 4.27. The molecule has 0 radical (unpaired) electrons. The predicted molar refractivity (Wildman–Crippen MR) is 70.1 cm³/mol. The molecule has 2 fully saturated rings. The van der Waals surface area contributed by atoms with Gasteiger partial charge in [-0.05, 0) is 59.3 Å². The average Bonchev–Trinajstić information content (AvgIpc) is 2.84. The van der Waals surface area contributed by atoms with Crippen LogP contribution in [-0.4, -0.2) is 55.4 Å². The van der Waals surface area contributed by atoms with E-state index in [2.05, 4.69) is 23.9 Å². The van der Waals surface area contributed by atoms with Crippen molar-refractivity contribution >= 4 is 5.78 Å². The third kappa shape index (κ3) is 3.52. The van der Waals surface area contributed by atoms with Crippen LogP contribution in [0.15, 0.2) is 0 Å². The summed E-state index contributed by atoms with van der Waals surface area (Å²) in [5.41, 5.74) is 0. The van der Waals surface area contributed by atoms with Crippen LogP contribution in [0.25, 0.3) is 0 Å². The van der Waals surface area contributed by atoms with Gasteiger partial charge in [-0.15, -0.1) is 0 Å². The number of carbonyl (C=O) groups excluding carboxylic acids is 1. The van der Waals surface area contributed by atoms with Gasteiger partial charge in [0.1, 0.15) is 5.78 Å². The normalized spacial score (nSPS) is 30.6. The van der Waals surface area contributed by atoms with Crippen LogP contribution in [0.5, 0.6) is 0 Å². The Morgan fingerprint density at radius 3 is 2.76 bits per heavy atom. The van der Waals surface area contributed by atoms with Crippen LogP contribution in [0.1, 0.15) is 38.5 Å². The van der Waals surface area contributed by atoms with E-state index in [0.29, 0.717) is 11.7 Å². The van der Waals surface area contributed by atoms with E-state index >= 15 is 0 Å². The SMILES string of the molecule is CN(C)CC1CCCN1CCC1CCCC1=O. The Kier molecular flexibility index (Phi) is 4.57. The number of hydrogen-bond donors (Lipinski definition) is 0. The molecule has 2 atom stereocenters. The molecule has 17 heavy (non-hydrogen) atoms. The monoisotopic (exact) mass is 238 g/mol. The Hall–Kier alpha value is -0.410. The highest BCUT2D eigenvalue weighted by molar-refractivity contribution is 5.82. The summed E-state index contributed by atoms with van der Waals surface area (Å²) in [6, 6.07) is 0.724. The number of nitrogens with zero attached hydrogens (tertiary/aromatic N) is 2. The largest absolute Gasteiger partial charge is 0.308 e. The Bertz CT molecular complexity index is 265. The van der Waals surface area contributed by atoms with E-state index < -0.39 is 0 Å². The van der Waals surface area contributed by atoms with Gasteiger partial charge in [0.2, 0.25) is 0 Å². The molecule has 0 aromatic rings. The predicted octanol–water partition coefficient (Wildman–Crippen LogP) is 1.77. The lowest BCUT2D eigenvalue weighted by molar-refractivity contribution is -0.120. The van der Waals surface area contributed by atoms with Gasteiger partial charge in [0.05, 0.1) is 0 Å². The highest BCUT2D eigenvalue weighted by atomic mass is 16.1. The van der Waals surface area contributed by atoms with E-state index in [1.165, 1.54) is 25.9 Å². The summed E-state index contributed by atoms with van der Waals surface area (Å²) in [6.45, 7) is 3.53. The molecule has 0 aromatic heterocycles. The van der Waals surface area contributed by atoms with Gasteiger partial charge in [-0.2, -0.15) is 0 Å². The Labute approximate surface area is 105 Å². The van der Waals surface area contributed by atoms with Crippen molar-refractivity contribution in [3.05, 3.63) is 0 Å². The maximum atomic E-state index is 11.6. The number of hydrogen-bond acceptors (Lipinski definition) is 3. The Morgan fingerprint density at radius 2 is 2.12 bits per heavy atom. The molecule has 2 unspecified atom stereocenters. The minimum Gasteiger partial charge on any atom is -0.308 e. The van der Waals surface area contributed by atoms with E-state index in [9.17, 15) is 4.79 Å². The molecule has 0 amide bonds. The molecular weight excluding hydrogens is 212 g/mol. The Balaban J connectivity index is 1.75. The number of ketones is 1. The molecule has 0 N–H and O–H groups in total. The second-order valence-electron chi connectivity index (χ2n) is 5.94. The van der Waals surface area contributed by atoms with Gasteiger partial charge in [0.25, 0.3) is 0 Å². The summed E-state index contributed by atoms with van der Waals surface area (Å²) >= 11 is 0. The fourth-order valence-corrected chi connectivity index (χ4v) is 3.33. The highest BCUT2D eigenvalue weighted by Gasteiger charge is 2.28. The molecule has 0 spiro atoms. The molecule has 98 valence electrons. The maximum absolute atomic E-state index is 11.6. The van der Waals surface area contributed by atoms with E-state index in [1.807, 2.05) is 0 Å². The Morgan fingerprint density at radius 1 is 1.29 bits per heavy atom. The molecule has 1 saturated heterocycles. The molecule has 1 aliphatic carbocycles. The van der Waals surface area contributed by atoms with Crippen LogP contribution in [0, 0.1) is 5.92 Å². The number of rotatable bonds is 5. The van der Waals surface area contributed by atoms with Crippen molar-refractivity contribution in [3.63, 3.8) is 0 Å². The molecule has 0 aromatic carbocycles. The fourth-order valence-electron chi connectivity index (χ4n) is 3.33. The lowest BCUT2D eigenvalue weighted by Gasteiger charge is -2.27. The van der Waals surface area contributed by atoms with Gasteiger partial charge in [0.15, 0.2) is 0 Å². The second kappa shape index (κ2) is 5.96. The van der Waals surface area contributed by atoms with Crippen LogP contribution < -0.4 is 0 Å². The number of Topliss-reactive ketones (excluding diaryl/α,β-unsaturated/α-hetero) is 1. The minimum absolute atomic E-state index is 0.385. The van der Waals surface area contributed by atoms with E-state index in [1.54, 1.807) is 0 Å². The molecule has 3 heteroatoms. The zero-order valence-electron chi connectivity index (χ0n) is 11.3. The average molecular weight is 238 g/mol. The first-order chi connectivity index (χ1) is 8.16. The smallest absolute Gasteiger partial charge is 0.136 e. The quantitative estimate of drug-likeness (QED) is 0.729. The van der Waals surface area contributed by atoms with E-state index in [-0.39, 0.29) is 0 Å². The van der Waals surface area contributed by atoms with Crippen LogP contribution >= 0.6 is 0 Å². The van der Waals surface area contributed by atoms with Gasteiger partial charge >= 0.3 is 0 Å². The fraction of sp³-hybridized carbons (Fsp3) is 0.929. The van der Waals surface area contributed by atoms with Crippen molar-refractivity contribution in [2.24, 2.45) is 5.92 Å². The molecule has 0 bridgehead atoms. The molecule has 2 aliphatic rings. The summed E-state index contributed by atoms with van der Waals surface area (Å²) in [4.78, 5) is 16.5. The van der Waals surface area contributed by atoms with Gasteiger partial charge < -0.3 is 4.90 Å². The van der Waals surface area contributed by atoms with Crippen LogP contribution in [0.2, 0.25) is 0 Å². The number of carbonyl (C=O) groups is 1. The van der Waals surface area contributed by atoms with Gasteiger partial charge in [-0.3, -0.25) is 9.69 Å². The van der Waals surface area contributed by atoms with Crippen molar-refractivity contribution in [2.45, 2.75) is 44.6 Å². The third-order valence-corrected chi connectivity index (χ3v) is 4.27. The summed E-state index contributed by atoms with van der Waals surface area (Å²) in [6.07, 6.45) is 6.87. The standard InChI is InChI=1S/C14H26N2O/c1-15(2)11-13-6-4-9-16(13)10-8-12-5-3-7-14(12)17/h12-13H,3-11H2,1-2H3. The van der Waals surface area contributed by atoms with Gasteiger partial charge in [-0.25, -0.2) is 0 Å². The lowest BCUT2D eigenvalue weighted by Crippen LogP contribution is -2.38. The van der Waals surface area contributed by atoms with Crippen LogP contribution in [0.4, 0.5) is 0 Å². The van der Waals surface area contributed by atoms with E-state index in [0.717, 1.165) is 38.3 Å². The summed E-state index contributed by atoms with van der Waals surface area (Å²) in [7, 11) is 4.30. The van der Waals surface area contributed by atoms with Crippen LogP contribution in [-0.2, 0) is 4.79 Å². The topological polar surface area (TPSA) is 23.6 Å². The molecule has 1 aliphatic heterocycles. The second-order valence-corrected chi connectivity index (χ2v) is 5.94. The maximum Gasteiger partial charge on any atom is 0.136 e. The molecule has 2 rings (SSSR count).